The number of aryl methyl sites for hydroxylation is 1. The fourth-order valence-corrected chi connectivity index (χ4v) is 6.33. The predicted octanol–water partition coefficient (Wildman–Crippen LogP) is 6.65. The molecular formula is C31H40N2O3. The molecule has 0 unspecified atom stereocenters. The van der Waals surface area contributed by atoms with Gasteiger partial charge in [-0.05, 0) is 69.5 Å². The zero-order valence-corrected chi connectivity index (χ0v) is 22.1. The van der Waals surface area contributed by atoms with Gasteiger partial charge in [0.15, 0.2) is 11.6 Å². The highest BCUT2D eigenvalue weighted by Crippen LogP contribution is 2.33. The summed E-state index contributed by atoms with van der Waals surface area (Å²) < 4.78 is 7.78. The SMILES string of the molecule is CCn1c2ccc(C(=O)CCC3CCCCC3)cc2c2cc(C(=O)C(C)(C)N3CCOCC3)ccc21. The van der Waals surface area contributed by atoms with E-state index in [1.54, 1.807) is 0 Å². The Morgan fingerprint density at radius 2 is 1.53 bits per heavy atom. The molecule has 2 fully saturated rings. The summed E-state index contributed by atoms with van der Waals surface area (Å²) in [6.45, 7) is 9.87. The van der Waals surface area contributed by atoms with E-state index in [4.69, 9.17) is 4.74 Å². The summed E-state index contributed by atoms with van der Waals surface area (Å²) in [6, 6.07) is 12.2. The molecule has 1 saturated carbocycles. The van der Waals surface area contributed by atoms with Crippen LogP contribution in [-0.2, 0) is 11.3 Å². The molecule has 5 heteroatoms. The molecule has 2 aromatic carbocycles. The monoisotopic (exact) mass is 488 g/mol. The molecule has 2 aliphatic rings. The van der Waals surface area contributed by atoms with Crippen LogP contribution in [0.3, 0.4) is 0 Å². The first kappa shape index (κ1) is 25.2. The minimum absolute atomic E-state index is 0.128. The Hall–Kier alpha value is -2.50. The highest BCUT2D eigenvalue weighted by atomic mass is 16.5. The Balaban J connectivity index is 1.46. The largest absolute Gasteiger partial charge is 0.379 e. The van der Waals surface area contributed by atoms with Gasteiger partial charge >= 0.3 is 0 Å². The maximum atomic E-state index is 13.7. The lowest BCUT2D eigenvalue weighted by Crippen LogP contribution is -2.54. The van der Waals surface area contributed by atoms with Crippen molar-refractivity contribution in [2.75, 3.05) is 26.3 Å². The molecule has 0 N–H and O–H groups in total. The second kappa shape index (κ2) is 10.5. The fourth-order valence-electron chi connectivity index (χ4n) is 6.33. The van der Waals surface area contributed by atoms with E-state index in [0.29, 0.717) is 25.6 Å². The lowest BCUT2D eigenvalue weighted by Gasteiger charge is -2.39. The van der Waals surface area contributed by atoms with Crippen molar-refractivity contribution in [3.8, 4) is 0 Å². The van der Waals surface area contributed by atoms with Crippen LogP contribution in [-0.4, -0.2) is 52.9 Å². The van der Waals surface area contributed by atoms with Crippen LogP contribution in [0.15, 0.2) is 36.4 Å². The van der Waals surface area contributed by atoms with Gasteiger partial charge in [-0.15, -0.1) is 0 Å². The van der Waals surface area contributed by atoms with Crippen LogP contribution in [0.5, 0.6) is 0 Å². The van der Waals surface area contributed by atoms with Crippen molar-refractivity contribution in [1.29, 1.82) is 0 Å². The maximum absolute atomic E-state index is 13.7. The van der Waals surface area contributed by atoms with Gasteiger partial charge in [0.1, 0.15) is 0 Å². The van der Waals surface area contributed by atoms with Crippen LogP contribution in [0.2, 0.25) is 0 Å². The number of nitrogens with zero attached hydrogens (tertiary/aromatic N) is 2. The summed E-state index contributed by atoms with van der Waals surface area (Å²) in [6.07, 6.45) is 8.14. The second-order valence-electron chi connectivity index (χ2n) is 11.2. The molecule has 0 radical (unpaired) electrons. The van der Waals surface area contributed by atoms with Gasteiger partial charge < -0.3 is 9.30 Å². The number of morpholine rings is 1. The van der Waals surface area contributed by atoms with Crippen LogP contribution in [0.1, 0.15) is 86.4 Å². The Morgan fingerprint density at radius 1 is 0.917 bits per heavy atom. The number of rotatable bonds is 8. The topological polar surface area (TPSA) is 51.5 Å². The molecule has 2 heterocycles. The quantitative estimate of drug-likeness (QED) is 0.333. The summed E-state index contributed by atoms with van der Waals surface area (Å²) in [5.74, 6) is 1.07. The molecule has 36 heavy (non-hydrogen) atoms. The number of benzene rings is 2. The molecule has 192 valence electrons. The minimum atomic E-state index is -0.596. The molecule has 3 aromatic rings. The van der Waals surface area contributed by atoms with Gasteiger partial charge in [-0.2, -0.15) is 0 Å². The average molecular weight is 489 g/mol. The molecule has 0 bridgehead atoms. The molecule has 0 amide bonds. The zero-order valence-electron chi connectivity index (χ0n) is 22.1. The summed E-state index contributed by atoms with van der Waals surface area (Å²) in [7, 11) is 0. The normalized spacial score (nSPS) is 18.2. The van der Waals surface area contributed by atoms with Crippen molar-refractivity contribution in [3.05, 3.63) is 47.5 Å². The first-order valence-corrected chi connectivity index (χ1v) is 13.9. The van der Waals surface area contributed by atoms with E-state index in [-0.39, 0.29) is 11.6 Å². The molecule has 1 saturated heterocycles. The van der Waals surface area contributed by atoms with Crippen molar-refractivity contribution in [3.63, 3.8) is 0 Å². The molecule has 0 atom stereocenters. The van der Waals surface area contributed by atoms with Crippen LogP contribution < -0.4 is 0 Å². The molecule has 0 spiro atoms. The van der Waals surface area contributed by atoms with Gasteiger partial charge in [-0.3, -0.25) is 14.5 Å². The molecule has 5 nitrogen and oxygen atoms in total. The van der Waals surface area contributed by atoms with Gasteiger partial charge in [-0.25, -0.2) is 0 Å². The average Bonchev–Trinajstić information content (AvgIpc) is 3.24. The van der Waals surface area contributed by atoms with Gasteiger partial charge in [0.2, 0.25) is 0 Å². The Kier molecular flexibility index (Phi) is 7.32. The van der Waals surface area contributed by atoms with Gasteiger partial charge in [0.25, 0.3) is 0 Å². The number of Topliss-reactive ketones (excluding diaryl/α,β-unsaturated/α-hetero) is 2. The van der Waals surface area contributed by atoms with E-state index in [9.17, 15) is 9.59 Å². The van der Waals surface area contributed by atoms with Gasteiger partial charge in [0.05, 0.1) is 18.8 Å². The lowest BCUT2D eigenvalue weighted by molar-refractivity contribution is -0.00429. The first-order chi connectivity index (χ1) is 17.4. The highest BCUT2D eigenvalue weighted by Gasteiger charge is 2.36. The van der Waals surface area contributed by atoms with E-state index in [0.717, 1.165) is 59.0 Å². The highest BCUT2D eigenvalue weighted by molar-refractivity contribution is 6.14. The third kappa shape index (κ3) is 4.76. The summed E-state index contributed by atoms with van der Waals surface area (Å²) in [4.78, 5) is 29.1. The molecule has 1 aliphatic carbocycles. The van der Waals surface area contributed by atoms with Crippen LogP contribution >= 0.6 is 0 Å². The summed E-state index contributed by atoms with van der Waals surface area (Å²) in [5.41, 5.74) is 3.15. The number of hydrogen-bond donors (Lipinski definition) is 0. The van der Waals surface area contributed by atoms with Crippen LogP contribution in [0.4, 0.5) is 0 Å². The van der Waals surface area contributed by atoms with Gasteiger partial charge in [0, 0.05) is 59.0 Å². The van der Waals surface area contributed by atoms with Crippen LogP contribution in [0.25, 0.3) is 21.8 Å². The Bertz CT molecular complexity index is 1260. The van der Waals surface area contributed by atoms with E-state index < -0.39 is 5.54 Å². The number of ether oxygens (including phenoxy) is 1. The fraction of sp³-hybridized carbons (Fsp3) is 0.548. The van der Waals surface area contributed by atoms with Gasteiger partial charge in [-0.1, -0.05) is 32.1 Å². The number of carbonyl (C=O) groups excluding carboxylic acids is 2. The Labute approximate surface area is 214 Å². The number of carbonyl (C=O) groups is 2. The van der Waals surface area contributed by atoms with Crippen molar-refractivity contribution >= 4 is 33.4 Å². The van der Waals surface area contributed by atoms with E-state index >= 15 is 0 Å². The zero-order chi connectivity index (χ0) is 25.3. The van der Waals surface area contributed by atoms with Crippen molar-refractivity contribution in [1.82, 2.24) is 9.47 Å². The molecule has 5 rings (SSSR count). The van der Waals surface area contributed by atoms with Crippen molar-refractivity contribution in [2.45, 2.75) is 77.8 Å². The van der Waals surface area contributed by atoms with Crippen molar-refractivity contribution < 1.29 is 14.3 Å². The Morgan fingerprint density at radius 3 is 2.17 bits per heavy atom. The van der Waals surface area contributed by atoms with Crippen LogP contribution in [0, 0.1) is 5.92 Å². The number of fused-ring (bicyclic) bond motifs is 3. The lowest BCUT2D eigenvalue weighted by atomic mass is 9.85. The van der Waals surface area contributed by atoms with E-state index in [2.05, 4.69) is 34.6 Å². The molecular weight excluding hydrogens is 448 g/mol. The minimum Gasteiger partial charge on any atom is -0.379 e. The number of ketones is 2. The molecule has 1 aliphatic heterocycles. The molecule has 1 aromatic heterocycles. The summed E-state index contributed by atoms with van der Waals surface area (Å²) in [5, 5.41) is 2.12. The third-order valence-electron chi connectivity index (χ3n) is 8.63. The predicted molar refractivity (Wildman–Crippen MR) is 146 cm³/mol. The van der Waals surface area contributed by atoms with Crippen molar-refractivity contribution in [2.24, 2.45) is 5.92 Å². The second-order valence-corrected chi connectivity index (χ2v) is 11.2. The van der Waals surface area contributed by atoms with E-state index in [1.165, 1.54) is 32.1 Å². The first-order valence-electron chi connectivity index (χ1n) is 13.9. The standard InChI is InChI=1S/C31H40N2O3/c1-4-33-27-13-11-23(29(34)15-10-22-8-6-5-7-9-22)20-25(27)26-21-24(12-14-28(26)33)30(35)31(2,3)32-16-18-36-19-17-32/h11-14,20-22H,4-10,15-19H2,1-3H3. The van der Waals surface area contributed by atoms with E-state index in [1.807, 2.05) is 32.0 Å². The number of hydrogen-bond acceptors (Lipinski definition) is 4. The smallest absolute Gasteiger partial charge is 0.182 e. The third-order valence-corrected chi connectivity index (χ3v) is 8.63. The maximum Gasteiger partial charge on any atom is 0.182 e. The summed E-state index contributed by atoms with van der Waals surface area (Å²) >= 11 is 0. The number of aromatic nitrogens is 1.